The van der Waals surface area contributed by atoms with Gasteiger partial charge in [-0.1, -0.05) is 13.0 Å². The highest BCUT2D eigenvalue weighted by atomic mass is 19.4. The molecule has 3 aromatic rings. The second kappa shape index (κ2) is 10.1. The van der Waals surface area contributed by atoms with Crippen LogP contribution < -0.4 is 0 Å². The number of rotatable bonds is 5. The third kappa shape index (κ3) is 5.33. The molecule has 1 saturated heterocycles. The summed E-state index contributed by atoms with van der Waals surface area (Å²) in [4.78, 5) is 27.8. The van der Waals surface area contributed by atoms with E-state index in [-0.39, 0.29) is 23.3 Å². The van der Waals surface area contributed by atoms with Crippen molar-refractivity contribution < 1.29 is 22.4 Å². The first-order valence-corrected chi connectivity index (χ1v) is 11.6. The summed E-state index contributed by atoms with van der Waals surface area (Å²) in [7, 11) is 0. The summed E-state index contributed by atoms with van der Waals surface area (Å²) in [6, 6.07) is 7.09. The number of alkyl halides is 3. The lowest BCUT2D eigenvalue weighted by molar-refractivity contribution is -0.137. The van der Waals surface area contributed by atoms with Gasteiger partial charge in [-0.25, -0.2) is 14.4 Å². The predicted molar refractivity (Wildman–Crippen MR) is 123 cm³/mol. The summed E-state index contributed by atoms with van der Waals surface area (Å²) in [5, 5.41) is 0. The number of halogens is 4. The zero-order chi connectivity index (χ0) is 25.2. The Bertz CT molecular complexity index is 1180. The number of carbonyl (C=O) groups is 1. The van der Waals surface area contributed by atoms with Gasteiger partial charge in [-0.15, -0.1) is 0 Å². The minimum atomic E-state index is -4.44. The number of benzene rings is 1. The molecular weight excluding hydrogens is 460 g/mol. The van der Waals surface area contributed by atoms with E-state index in [4.69, 9.17) is 0 Å². The van der Waals surface area contributed by atoms with Crippen LogP contribution in [0.2, 0.25) is 0 Å². The van der Waals surface area contributed by atoms with E-state index < -0.39 is 23.5 Å². The van der Waals surface area contributed by atoms with Crippen molar-refractivity contribution in [2.24, 2.45) is 5.92 Å². The number of hydrogen-bond acceptors (Lipinski definition) is 4. The first-order valence-electron chi connectivity index (χ1n) is 11.6. The molecular formula is C26H26F4N4O. The van der Waals surface area contributed by atoms with Gasteiger partial charge in [-0.05, 0) is 68.4 Å². The van der Waals surface area contributed by atoms with Crippen molar-refractivity contribution >= 4 is 5.91 Å². The lowest BCUT2D eigenvalue weighted by Gasteiger charge is -2.40. The Hall–Kier alpha value is -3.36. The molecule has 5 nitrogen and oxygen atoms in total. The van der Waals surface area contributed by atoms with Gasteiger partial charge in [-0.2, -0.15) is 13.2 Å². The van der Waals surface area contributed by atoms with Gasteiger partial charge in [-0.3, -0.25) is 9.78 Å². The van der Waals surface area contributed by atoms with Crippen LogP contribution in [0.15, 0.2) is 48.9 Å². The molecule has 0 spiro atoms. The monoisotopic (exact) mass is 486 g/mol. The number of likely N-dealkylation sites (tertiary alicyclic amines) is 1. The van der Waals surface area contributed by atoms with Gasteiger partial charge in [0.15, 0.2) is 5.82 Å². The summed E-state index contributed by atoms with van der Waals surface area (Å²) >= 11 is 0. The van der Waals surface area contributed by atoms with Gasteiger partial charge < -0.3 is 4.90 Å². The van der Waals surface area contributed by atoms with Crippen LogP contribution in [0, 0.1) is 18.7 Å². The standard InChI is InChI=1S/C26H26F4N4O/c1-16-5-3-14-34(21(16)11-9-19-8-7-18(15-33-19)26(28,29)30)25(35)22-20(10-6-17(2)23(22)27)24-31-12-4-13-32-24/h4,6-8,10,12-13,15-16,21H,3,5,9,11,14H2,1-2H3/t16-,21-/m1/s1. The molecule has 1 aliphatic rings. The largest absolute Gasteiger partial charge is 0.417 e. The number of piperidine rings is 1. The lowest BCUT2D eigenvalue weighted by atomic mass is 9.86. The highest BCUT2D eigenvalue weighted by Crippen LogP contribution is 2.33. The Morgan fingerprint density at radius 3 is 2.51 bits per heavy atom. The summed E-state index contributed by atoms with van der Waals surface area (Å²) < 4.78 is 53.9. The molecule has 3 heterocycles. The molecule has 1 amide bonds. The molecule has 1 aromatic carbocycles. The van der Waals surface area contributed by atoms with Crippen molar-refractivity contribution in [3.8, 4) is 11.4 Å². The van der Waals surface area contributed by atoms with Gasteiger partial charge in [0.2, 0.25) is 0 Å². The fourth-order valence-corrected chi connectivity index (χ4v) is 4.63. The van der Waals surface area contributed by atoms with Crippen molar-refractivity contribution in [2.45, 2.75) is 51.7 Å². The van der Waals surface area contributed by atoms with Crippen LogP contribution in [-0.4, -0.2) is 38.3 Å². The highest BCUT2D eigenvalue weighted by molar-refractivity contribution is 6.01. The van der Waals surface area contributed by atoms with Crippen LogP contribution in [-0.2, 0) is 12.6 Å². The van der Waals surface area contributed by atoms with Crippen LogP contribution in [0.25, 0.3) is 11.4 Å². The number of aromatic nitrogens is 3. The second-order valence-electron chi connectivity index (χ2n) is 8.95. The Morgan fingerprint density at radius 2 is 1.86 bits per heavy atom. The van der Waals surface area contributed by atoms with Crippen LogP contribution >= 0.6 is 0 Å². The normalized spacial score (nSPS) is 18.5. The second-order valence-corrected chi connectivity index (χ2v) is 8.95. The lowest BCUT2D eigenvalue weighted by Crippen LogP contribution is -2.48. The third-order valence-electron chi connectivity index (χ3n) is 6.58. The van der Waals surface area contributed by atoms with Gasteiger partial charge in [0.25, 0.3) is 5.91 Å². The van der Waals surface area contributed by atoms with E-state index in [1.165, 1.54) is 18.5 Å². The summed E-state index contributed by atoms with van der Waals surface area (Å²) in [5.74, 6) is -0.608. The molecule has 184 valence electrons. The van der Waals surface area contributed by atoms with Crippen LogP contribution in [0.5, 0.6) is 0 Å². The van der Waals surface area contributed by atoms with Crippen molar-refractivity contribution in [1.29, 1.82) is 0 Å². The minimum Gasteiger partial charge on any atom is -0.335 e. The molecule has 4 rings (SSSR count). The first kappa shape index (κ1) is 24.8. The van der Waals surface area contributed by atoms with E-state index in [2.05, 4.69) is 15.0 Å². The first-order chi connectivity index (χ1) is 16.7. The SMILES string of the molecule is Cc1ccc(-c2ncccn2)c(C(=O)N2CCC[C@@H](C)[C@H]2CCc2ccc(C(F)(F)F)cn2)c1F. The molecule has 0 N–H and O–H groups in total. The van der Waals surface area contributed by atoms with Crippen molar-refractivity contribution in [3.63, 3.8) is 0 Å². The van der Waals surface area contributed by atoms with Gasteiger partial charge in [0.05, 0.1) is 11.1 Å². The zero-order valence-corrected chi connectivity index (χ0v) is 19.5. The summed E-state index contributed by atoms with van der Waals surface area (Å²) in [5.41, 5.74) is 0.351. The Morgan fingerprint density at radius 1 is 1.11 bits per heavy atom. The van der Waals surface area contributed by atoms with Crippen LogP contribution in [0.4, 0.5) is 17.6 Å². The number of aryl methyl sites for hydroxylation is 2. The Kier molecular flexibility index (Phi) is 7.14. The van der Waals surface area contributed by atoms with Gasteiger partial charge >= 0.3 is 6.18 Å². The number of carbonyl (C=O) groups excluding carboxylic acids is 1. The van der Waals surface area contributed by atoms with E-state index >= 15 is 4.39 Å². The maximum Gasteiger partial charge on any atom is 0.417 e. The average molecular weight is 487 g/mol. The van der Waals surface area contributed by atoms with E-state index in [1.54, 1.807) is 30.0 Å². The van der Waals surface area contributed by atoms with Crippen molar-refractivity contribution in [2.75, 3.05) is 6.54 Å². The highest BCUT2D eigenvalue weighted by Gasteiger charge is 2.35. The minimum absolute atomic E-state index is 0.0528. The molecule has 0 saturated carbocycles. The third-order valence-corrected chi connectivity index (χ3v) is 6.58. The van der Waals surface area contributed by atoms with Crippen molar-refractivity contribution in [1.82, 2.24) is 19.9 Å². The fraction of sp³-hybridized carbons (Fsp3) is 0.385. The molecule has 2 aromatic heterocycles. The maximum atomic E-state index is 15.4. The average Bonchev–Trinajstić information content (AvgIpc) is 2.84. The fourth-order valence-electron chi connectivity index (χ4n) is 4.63. The summed E-state index contributed by atoms with van der Waals surface area (Å²) in [6.45, 7) is 4.11. The van der Waals surface area contributed by atoms with E-state index in [9.17, 15) is 18.0 Å². The molecule has 0 unspecified atom stereocenters. The molecule has 1 fully saturated rings. The number of pyridine rings is 1. The van der Waals surface area contributed by atoms with Crippen molar-refractivity contribution in [3.05, 3.63) is 77.1 Å². The smallest absolute Gasteiger partial charge is 0.335 e. The number of nitrogens with zero attached hydrogens (tertiary/aromatic N) is 4. The van der Waals surface area contributed by atoms with E-state index in [0.29, 0.717) is 36.2 Å². The molecule has 9 heteroatoms. The van der Waals surface area contributed by atoms with Gasteiger partial charge in [0, 0.05) is 42.4 Å². The summed E-state index contributed by atoms with van der Waals surface area (Å²) in [6.07, 6.45) is 2.07. The molecule has 0 bridgehead atoms. The Labute approximate surface area is 201 Å². The predicted octanol–water partition coefficient (Wildman–Crippen LogP) is 5.88. The molecule has 1 aliphatic heterocycles. The number of hydrogen-bond donors (Lipinski definition) is 0. The van der Waals surface area contributed by atoms with Crippen LogP contribution in [0.1, 0.15) is 53.4 Å². The van der Waals surface area contributed by atoms with Gasteiger partial charge in [0.1, 0.15) is 5.82 Å². The maximum absolute atomic E-state index is 15.4. The molecule has 0 radical (unpaired) electrons. The quantitative estimate of drug-likeness (QED) is 0.423. The Balaban J connectivity index is 1.61. The molecule has 35 heavy (non-hydrogen) atoms. The number of amides is 1. The van der Waals surface area contributed by atoms with E-state index in [1.807, 2.05) is 6.92 Å². The topological polar surface area (TPSA) is 59.0 Å². The molecule has 2 atom stereocenters. The van der Waals surface area contributed by atoms with Crippen LogP contribution in [0.3, 0.4) is 0 Å². The van der Waals surface area contributed by atoms with E-state index in [0.717, 1.165) is 25.1 Å². The molecule has 0 aliphatic carbocycles. The zero-order valence-electron chi connectivity index (χ0n) is 19.5.